The number of rotatable bonds is 13. The smallest absolute Gasteiger partial charge is 0.311 e. The molecule has 4 rings (SSSR count). The number of morpholine rings is 1. The lowest BCUT2D eigenvalue weighted by Crippen LogP contribution is -2.45. The Morgan fingerprint density at radius 2 is 1.72 bits per heavy atom. The van der Waals surface area contributed by atoms with Crippen LogP contribution in [0.15, 0.2) is 23.8 Å². The SMILES string of the molecule is CC1=CC[C@@H]2[C@@H](C1)c1c(OC(=O)CCCN(C(C)C)C(C)C)cc(C(C)(C)CCCCC(=O)N3CCOCC3)cc1OC2(C)C.Cl. The normalized spacial score (nSPS) is 20.9. The summed E-state index contributed by atoms with van der Waals surface area (Å²) in [6.45, 7) is 23.5. The number of unbranched alkanes of at least 4 members (excludes halogenated alkanes) is 1. The molecule has 1 amide bonds. The Hall–Kier alpha value is -2.09. The van der Waals surface area contributed by atoms with E-state index >= 15 is 0 Å². The molecule has 260 valence electrons. The van der Waals surface area contributed by atoms with Gasteiger partial charge >= 0.3 is 5.97 Å². The molecule has 1 aromatic carbocycles. The number of carbonyl (C=O) groups excluding carboxylic acids is 2. The van der Waals surface area contributed by atoms with Crippen LogP contribution in [0.5, 0.6) is 11.5 Å². The first-order chi connectivity index (χ1) is 21.2. The summed E-state index contributed by atoms with van der Waals surface area (Å²) < 4.78 is 18.5. The van der Waals surface area contributed by atoms with Gasteiger partial charge in [-0.15, -0.1) is 12.4 Å². The summed E-state index contributed by atoms with van der Waals surface area (Å²) in [6.07, 6.45) is 8.71. The molecule has 1 aromatic rings. The first-order valence-corrected chi connectivity index (χ1v) is 17.5. The Balaban J connectivity index is 0.00000576. The van der Waals surface area contributed by atoms with E-state index in [4.69, 9.17) is 14.2 Å². The number of ether oxygens (including phenoxy) is 3. The van der Waals surface area contributed by atoms with Crippen molar-refractivity contribution in [2.24, 2.45) is 5.92 Å². The summed E-state index contributed by atoms with van der Waals surface area (Å²) in [4.78, 5) is 30.4. The predicted octanol–water partition coefficient (Wildman–Crippen LogP) is 8.22. The van der Waals surface area contributed by atoms with Gasteiger partial charge in [0.1, 0.15) is 17.1 Å². The van der Waals surface area contributed by atoms with Crippen molar-refractivity contribution < 1.29 is 23.8 Å². The maximum absolute atomic E-state index is 13.4. The van der Waals surface area contributed by atoms with Crippen LogP contribution < -0.4 is 9.47 Å². The van der Waals surface area contributed by atoms with E-state index in [0.717, 1.165) is 61.9 Å². The van der Waals surface area contributed by atoms with Crippen molar-refractivity contribution in [2.75, 3.05) is 32.8 Å². The minimum absolute atomic E-state index is 0. The molecule has 7 nitrogen and oxygen atoms in total. The van der Waals surface area contributed by atoms with Crippen molar-refractivity contribution in [3.63, 3.8) is 0 Å². The zero-order valence-electron chi connectivity index (χ0n) is 30.1. The molecular formula is C38H61ClN2O5. The molecule has 1 fully saturated rings. The molecule has 0 N–H and O–H groups in total. The quantitative estimate of drug-likeness (QED) is 0.0919. The van der Waals surface area contributed by atoms with Crippen LogP contribution in [0.1, 0.15) is 131 Å². The van der Waals surface area contributed by atoms with Gasteiger partial charge in [0.2, 0.25) is 5.91 Å². The van der Waals surface area contributed by atoms with Crippen LogP contribution >= 0.6 is 12.4 Å². The van der Waals surface area contributed by atoms with Gasteiger partial charge in [0, 0.05) is 55.4 Å². The van der Waals surface area contributed by atoms with Crippen molar-refractivity contribution in [1.82, 2.24) is 9.80 Å². The third-order valence-corrected chi connectivity index (χ3v) is 10.4. The van der Waals surface area contributed by atoms with Gasteiger partial charge < -0.3 is 19.1 Å². The molecule has 1 saturated heterocycles. The molecule has 1 aliphatic carbocycles. The number of esters is 1. The number of hydrogen-bond donors (Lipinski definition) is 0. The minimum atomic E-state index is -0.323. The van der Waals surface area contributed by atoms with Gasteiger partial charge in [0.15, 0.2) is 0 Å². The number of benzene rings is 1. The fourth-order valence-electron chi connectivity index (χ4n) is 7.67. The van der Waals surface area contributed by atoms with Crippen LogP contribution in [0.4, 0.5) is 0 Å². The van der Waals surface area contributed by atoms with Crippen LogP contribution in [0.2, 0.25) is 0 Å². The maximum Gasteiger partial charge on any atom is 0.311 e. The largest absolute Gasteiger partial charge is 0.487 e. The monoisotopic (exact) mass is 660 g/mol. The van der Waals surface area contributed by atoms with Gasteiger partial charge in [-0.2, -0.15) is 0 Å². The lowest BCUT2D eigenvalue weighted by molar-refractivity contribution is -0.135. The fourth-order valence-corrected chi connectivity index (χ4v) is 7.67. The zero-order valence-corrected chi connectivity index (χ0v) is 30.9. The first kappa shape index (κ1) is 38.4. The molecule has 2 atom stereocenters. The first-order valence-electron chi connectivity index (χ1n) is 17.5. The molecule has 3 aliphatic rings. The van der Waals surface area contributed by atoms with Crippen LogP contribution in [0.25, 0.3) is 0 Å². The molecule has 2 heterocycles. The van der Waals surface area contributed by atoms with Crippen LogP contribution in [-0.2, 0) is 19.7 Å². The molecule has 0 aromatic heterocycles. The number of fused-ring (bicyclic) bond motifs is 3. The lowest BCUT2D eigenvalue weighted by Gasteiger charge is -2.47. The standard InChI is InChI=1S/C38H60N2O5.ClH/c1-26(2)40(27(3)4)18-12-14-35(42)44-32-24-29(37(6,7)17-11-10-13-34(41)39-19-21-43-22-20-39)25-33-36(32)30-23-28(5)15-16-31(30)38(8,9)45-33;/h15,24-27,30-31H,10-14,16-23H2,1-9H3;1H/t30-,31-;/m1./s1. The molecule has 0 bridgehead atoms. The van der Waals surface area contributed by atoms with E-state index in [1.54, 1.807) is 0 Å². The molecule has 46 heavy (non-hydrogen) atoms. The van der Waals surface area contributed by atoms with Gasteiger partial charge in [-0.25, -0.2) is 0 Å². The van der Waals surface area contributed by atoms with Crippen molar-refractivity contribution in [1.29, 1.82) is 0 Å². The van der Waals surface area contributed by atoms with Gasteiger partial charge in [-0.1, -0.05) is 31.9 Å². The van der Waals surface area contributed by atoms with Gasteiger partial charge in [0.25, 0.3) is 0 Å². The topological polar surface area (TPSA) is 68.3 Å². The number of allylic oxidation sites excluding steroid dienone is 2. The highest BCUT2D eigenvalue weighted by atomic mass is 35.5. The summed E-state index contributed by atoms with van der Waals surface area (Å²) in [5.41, 5.74) is 3.06. The van der Waals surface area contributed by atoms with Gasteiger partial charge in [0.05, 0.1) is 13.2 Å². The Labute approximate surface area is 285 Å². The van der Waals surface area contributed by atoms with Crippen molar-refractivity contribution in [2.45, 2.75) is 143 Å². The summed E-state index contributed by atoms with van der Waals surface area (Å²) in [5, 5.41) is 0. The molecule has 0 saturated carbocycles. The van der Waals surface area contributed by atoms with E-state index in [-0.39, 0.29) is 41.2 Å². The van der Waals surface area contributed by atoms with E-state index in [1.165, 1.54) is 5.57 Å². The molecule has 0 radical (unpaired) electrons. The Bertz CT molecular complexity index is 1210. The van der Waals surface area contributed by atoms with E-state index in [9.17, 15) is 9.59 Å². The highest BCUT2D eigenvalue weighted by Gasteiger charge is 2.46. The molecule has 0 spiro atoms. The van der Waals surface area contributed by atoms with E-state index in [1.807, 2.05) is 4.90 Å². The summed E-state index contributed by atoms with van der Waals surface area (Å²) in [6, 6.07) is 5.20. The van der Waals surface area contributed by atoms with Crippen LogP contribution in [0.3, 0.4) is 0 Å². The second-order valence-corrected chi connectivity index (χ2v) is 15.4. The minimum Gasteiger partial charge on any atom is -0.487 e. The van der Waals surface area contributed by atoms with Crippen molar-refractivity contribution >= 4 is 24.3 Å². The highest BCUT2D eigenvalue weighted by Crippen LogP contribution is 2.55. The van der Waals surface area contributed by atoms with Crippen molar-refractivity contribution in [3.8, 4) is 11.5 Å². The van der Waals surface area contributed by atoms with Gasteiger partial charge in [-0.3, -0.25) is 14.5 Å². The zero-order chi connectivity index (χ0) is 32.9. The number of carbonyl (C=O) groups is 2. The third-order valence-electron chi connectivity index (χ3n) is 10.4. The third kappa shape index (κ3) is 9.50. The van der Waals surface area contributed by atoms with E-state index in [0.29, 0.717) is 62.9 Å². The summed E-state index contributed by atoms with van der Waals surface area (Å²) in [5.74, 6) is 2.15. The average Bonchev–Trinajstić information content (AvgIpc) is 2.96. The van der Waals surface area contributed by atoms with E-state index < -0.39 is 0 Å². The molecular weight excluding hydrogens is 600 g/mol. The predicted molar refractivity (Wildman–Crippen MR) is 188 cm³/mol. The number of halogens is 1. The fraction of sp³-hybridized carbons (Fsp3) is 0.737. The lowest BCUT2D eigenvalue weighted by atomic mass is 9.66. The Kier molecular flexibility index (Phi) is 13.6. The molecule has 2 aliphatic heterocycles. The average molecular weight is 661 g/mol. The van der Waals surface area contributed by atoms with Crippen molar-refractivity contribution in [3.05, 3.63) is 34.9 Å². The number of amides is 1. The second-order valence-electron chi connectivity index (χ2n) is 15.4. The van der Waals surface area contributed by atoms with E-state index in [2.05, 4.69) is 85.4 Å². The van der Waals surface area contributed by atoms with Crippen LogP contribution in [0, 0.1) is 5.92 Å². The Morgan fingerprint density at radius 3 is 2.37 bits per heavy atom. The van der Waals surface area contributed by atoms with Gasteiger partial charge in [-0.05, 0) is 110 Å². The van der Waals surface area contributed by atoms with Crippen LogP contribution in [-0.4, -0.2) is 72.2 Å². The molecule has 8 heteroatoms. The summed E-state index contributed by atoms with van der Waals surface area (Å²) in [7, 11) is 0. The molecule has 0 unspecified atom stereocenters. The number of hydrogen-bond acceptors (Lipinski definition) is 6. The summed E-state index contributed by atoms with van der Waals surface area (Å²) >= 11 is 0. The second kappa shape index (κ2) is 16.3. The number of nitrogens with zero attached hydrogens (tertiary/aromatic N) is 2. The Morgan fingerprint density at radius 1 is 1.04 bits per heavy atom. The maximum atomic E-state index is 13.4. The highest BCUT2D eigenvalue weighted by molar-refractivity contribution is 5.85.